The largest absolute Gasteiger partial charge is 0.421 e. The summed E-state index contributed by atoms with van der Waals surface area (Å²) in [4.78, 5) is 12.4. The number of hydrogen-bond donors (Lipinski definition) is 2. The second-order valence-electron chi connectivity index (χ2n) is 7.74. The molecule has 1 aliphatic carbocycles. The Morgan fingerprint density at radius 3 is 2.13 bits per heavy atom. The number of aliphatic hydroxyl groups is 1. The summed E-state index contributed by atoms with van der Waals surface area (Å²) in [5.74, 6) is -0.0186. The molecule has 2 N–H and O–H groups in total. The molecule has 0 aromatic heterocycles. The quantitative estimate of drug-likeness (QED) is 0.684. The zero-order valence-corrected chi connectivity index (χ0v) is 17.1. The predicted molar refractivity (Wildman–Crippen MR) is 106 cm³/mol. The summed E-state index contributed by atoms with van der Waals surface area (Å²) >= 11 is 0. The van der Waals surface area contributed by atoms with Crippen molar-refractivity contribution in [2.45, 2.75) is 42.9 Å². The van der Waals surface area contributed by atoms with E-state index in [0.717, 1.165) is 25.0 Å². The summed E-state index contributed by atoms with van der Waals surface area (Å²) < 4.78 is 63.1. The molecule has 5 nitrogen and oxygen atoms in total. The molecule has 1 aliphatic rings. The van der Waals surface area contributed by atoms with Crippen molar-refractivity contribution in [3.05, 3.63) is 59.7 Å². The van der Waals surface area contributed by atoms with E-state index in [9.17, 15) is 31.5 Å². The van der Waals surface area contributed by atoms with E-state index in [4.69, 9.17) is 0 Å². The minimum Gasteiger partial charge on any atom is -0.376 e. The second kappa shape index (κ2) is 8.03. The fourth-order valence-corrected chi connectivity index (χ4v) is 4.64. The zero-order chi connectivity index (χ0) is 22.2. The Kier molecular flexibility index (Phi) is 5.97. The Labute approximate surface area is 172 Å². The summed E-state index contributed by atoms with van der Waals surface area (Å²) in [5.41, 5.74) is -2.44. The molecule has 0 aliphatic heterocycles. The van der Waals surface area contributed by atoms with Crippen LogP contribution in [0.3, 0.4) is 0 Å². The van der Waals surface area contributed by atoms with Crippen LogP contribution in [-0.2, 0) is 26.7 Å². The highest BCUT2D eigenvalue weighted by atomic mass is 32.2. The number of hydrogen-bond acceptors (Lipinski definition) is 4. The molecular formula is C21H22F3NO4S. The molecule has 162 valence electrons. The molecule has 1 atom stereocenters. The molecule has 0 spiro atoms. The lowest BCUT2D eigenvalue weighted by Gasteiger charge is -2.26. The van der Waals surface area contributed by atoms with Gasteiger partial charge in [-0.15, -0.1) is 0 Å². The monoisotopic (exact) mass is 441 g/mol. The highest BCUT2D eigenvalue weighted by Gasteiger charge is 2.51. The lowest BCUT2D eigenvalue weighted by molar-refractivity contribution is -0.258. The Bertz CT molecular complexity index is 1010. The van der Waals surface area contributed by atoms with Crippen LogP contribution in [0.1, 0.15) is 30.9 Å². The molecule has 2 aromatic rings. The normalized spacial score (nSPS) is 16.7. The number of benzene rings is 2. The number of alkyl halides is 3. The number of halogens is 3. The number of carbonyl (C=O) groups is 1. The molecule has 1 saturated carbocycles. The first kappa shape index (κ1) is 22.3. The van der Waals surface area contributed by atoms with E-state index in [1.54, 1.807) is 12.1 Å². The maximum Gasteiger partial charge on any atom is 0.421 e. The third-order valence-corrected chi connectivity index (χ3v) is 6.98. The number of sulfone groups is 1. The molecule has 1 amide bonds. The van der Waals surface area contributed by atoms with Gasteiger partial charge in [0.15, 0.2) is 15.4 Å². The third kappa shape index (κ3) is 5.20. The molecule has 0 heterocycles. The van der Waals surface area contributed by atoms with Crippen LogP contribution in [-0.4, -0.2) is 31.4 Å². The van der Waals surface area contributed by atoms with Gasteiger partial charge in [0.05, 0.1) is 17.1 Å². The van der Waals surface area contributed by atoms with Crippen LogP contribution in [0.5, 0.6) is 0 Å². The SMILES string of the molecule is CC(O)(c1ccc(NC(=O)Cc2ccc(S(=O)(=O)CC3CC3)cc2)cc1)C(F)(F)F. The Morgan fingerprint density at radius 2 is 1.63 bits per heavy atom. The summed E-state index contributed by atoms with van der Waals surface area (Å²) in [7, 11) is -3.32. The highest BCUT2D eigenvalue weighted by molar-refractivity contribution is 7.91. The van der Waals surface area contributed by atoms with Crippen molar-refractivity contribution in [2.75, 3.05) is 11.1 Å². The van der Waals surface area contributed by atoms with Crippen molar-refractivity contribution in [1.82, 2.24) is 0 Å². The Hall–Kier alpha value is -2.39. The minimum absolute atomic E-state index is 0.0228. The van der Waals surface area contributed by atoms with Gasteiger partial charge in [-0.1, -0.05) is 24.3 Å². The summed E-state index contributed by atoms with van der Waals surface area (Å²) in [6, 6.07) is 10.9. The molecule has 3 rings (SSSR count). The fraction of sp³-hybridized carbons (Fsp3) is 0.381. The van der Waals surface area contributed by atoms with Crippen molar-refractivity contribution >= 4 is 21.4 Å². The van der Waals surface area contributed by atoms with Crippen LogP contribution in [0.25, 0.3) is 0 Å². The van der Waals surface area contributed by atoms with E-state index in [-0.39, 0.29) is 34.2 Å². The molecule has 1 fully saturated rings. The van der Waals surface area contributed by atoms with Crippen molar-refractivity contribution in [2.24, 2.45) is 5.92 Å². The standard InChI is InChI=1S/C21H22F3NO4S/c1-20(27,21(22,23)24)16-6-8-17(9-7-16)25-19(26)12-14-4-10-18(11-5-14)30(28,29)13-15-2-3-15/h4-11,15,27H,2-3,12-13H2,1H3,(H,25,26). The van der Waals surface area contributed by atoms with Crippen LogP contribution in [0, 0.1) is 5.92 Å². The van der Waals surface area contributed by atoms with Gasteiger partial charge in [0.25, 0.3) is 0 Å². The topological polar surface area (TPSA) is 83.5 Å². The summed E-state index contributed by atoms with van der Waals surface area (Å²) in [6.07, 6.45) is -2.97. The highest BCUT2D eigenvalue weighted by Crippen LogP contribution is 2.38. The van der Waals surface area contributed by atoms with Crippen LogP contribution < -0.4 is 5.32 Å². The smallest absolute Gasteiger partial charge is 0.376 e. The Morgan fingerprint density at radius 1 is 1.07 bits per heavy atom. The van der Waals surface area contributed by atoms with Crippen LogP contribution in [0.15, 0.2) is 53.4 Å². The maximum absolute atomic E-state index is 12.9. The molecule has 1 unspecified atom stereocenters. The zero-order valence-electron chi connectivity index (χ0n) is 16.2. The van der Waals surface area contributed by atoms with Gasteiger partial charge in [-0.3, -0.25) is 4.79 Å². The van der Waals surface area contributed by atoms with Gasteiger partial charge >= 0.3 is 6.18 Å². The van der Waals surface area contributed by atoms with E-state index in [1.807, 2.05) is 0 Å². The van der Waals surface area contributed by atoms with Crippen molar-refractivity contribution in [3.63, 3.8) is 0 Å². The average molecular weight is 441 g/mol. The number of nitrogens with one attached hydrogen (secondary N) is 1. The van der Waals surface area contributed by atoms with E-state index in [1.165, 1.54) is 24.3 Å². The third-order valence-electron chi connectivity index (χ3n) is 5.08. The van der Waals surface area contributed by atoms with Crippen molar-refractivity contribution < 1.29 is 31.5 Å². The van der Waals surface area contributed by atoms with Crippen LogP contribution in [0.4, 0.5) is 18.9 Å². The summed E-state index contributed by atoms with van der Waals surface area (Å²) in [6.45, 7) is 0.662. The average Bonchev–Trinajstić information content (AvgIpc) is 3.45. The van der Waals surface area contributed by atoms with E-state index < -0.39 is 27.5 Å². The van der Waals surface area contributed by atoms with E-state index >= 15 is 0 Å². The Balaban J connectivity index is 1.60. The van der Waals surface area contributed by atoms with Crippen molar-refractivity contribution in [3.8, 4) is 0 Å². The van der Waals surface area contributed by atoms with Crippen LogP contribution >= 0.6 is 0 Å². The first-order valence-corrected chi connectivity index (χ1v) is 11.0. The van der Waals surface area contributed by atoms with Gasteiger partial charge in [-0.25, -0.2) is 8.42 Å². The van der Waals surface area contributed by atoms with Gasteiger partial charge in [0.2, 0.25) is 5.91 Å². The van der Waals surface area contributed by atoms with Gasteiger partial charge in [-0.05, 0) is 61.1 Å². The molecule has 30 heavy (non-hydrogen) atoms. The lowest BCUT2D eigenvalue weighted by Crippen LogP contribution is -2.39. The lowest BCUT2D eigenvalue weighted by atomic mass is 9.95. The van der Waals surface area contributed by atoms with Crippen molar-refractivity contribution in [1.29, 1.82) is 0 Å². The molecular weight excluding hydrogens is 419 g/mol. The van der Waals surface area contributed by atoms with Gasteiger partial charge < -0.3 is 10.4 Å². The first-order chi connectivity index (χ1) is 13.9. The molecule has 0 bridgehead atoms. The minimum atomic E-state index is -4.82. The first-order valence-electron chi connectivity index (χ1n) is 9.40. The van der Waals surface area contributed by atoms with Gasteiger partial charge in [-0.2, -0.15) is 13.2 Å². The van der Waals surface area contributed by atoms with Gasteiger partial charge in [0.1, 0.15) is 0 Å². The summed E-state index contributed by atoms with van der Waals surface area (Å²) in [5, 5.41) is 12.2. The molecule has 0 radical (unpaired) electrons. The van der Waals surface area contributed by atoms with E-state index in [2.05, 4.69) is 5.32 Å². The predicted octanol–water partition coefficient (Wildman–Crippen LogP) is 3.82. The maximum atomic E-state index is 12.9. The number of rotatable bonds is 7. The number of carbonyl (C=O) groups excluding carboxylic acids is 1. The molecule has 0 saturated heterocycles. The fourth-order valence-electron chi connectivity index (χ4n) is 2.94. The van der Waals surface area contributed by atoms with Crippen LogP contribution in [0.2, 0.25) is 0 Å². The second-order valence-corrected chi connectivity index (χ2v) is 9.78. The molecule has 2 aromatic carbocycles. The van der Waals surface area contributed by atoms with E-state index in [0.29, 0.717) is 12.5 Å². The van der Waals surface area contributed by atoms with Gasteiger partial charge in [0, 0.05) is 5.69 Å². The number of anilines is 1. The molecule has 9 heteroatoms. The number of amides is 1.